The summed E-state index contributed by atoms with van der Waals surface area (Å²) in [6, 6.07) is 1.27. The van der Waals surface area contributed by atoms with Gasteiger partial charge in [0.25, 0.3) is 0 Å². The predicted molar refractivity (Wildman–Crippen MR) is 59.6 cm³/mol. The van der Waals surface area contributed by atoms with Crippen molar-refractivity contribution in [3.63, 3.8) is 0 Å². The second kappa shape index (κ2) is 5.12. The second-order valence-corrected chi connectivity index (χ2v) is 3.35. The summed E-state index contributed by atoms with van der Waals surface area (Å²) in [5.41, 5.74) is 5.20. The molecule has 0 unspecified atom stereocenters. The van der Waals surface area contributed by atoms with Crippen molar-refractivity contribution in [3.8, 4) is 5.75 Å². The summed E-state index contributed by atoms with van der Waals surface area (Å²) in [5, 5.41) is 0. The van der Waals surface area contributed by atoms with Crippen LogP contribution in [0.4, 0.5) is 14.5 Å². The maximum Gasteiger partial charge on any atom is 0.185 e. The smallest absolute Gasteiger partial charge is 0.185 e. The molecule has 0 aliphatic heterocycles. The molecule has 0 amide bonds. The molecular formula is C10H11ClF2N2O. The van der Waals surface area contributed by atoms with Crippen LogP contribution < -0.4 is 10.5 Å². The molecule has 0 radical (unpaired) electrons. The fourth-order valence-corrected chi connectivity index (χ4v) is 1.22. The van der Waals surface area contributed by atoms with E-state index in [9.17, 15) is 8.78 Å². The van der Waals surface area contributed by atoms with Gasteiger partial charge in [-0.15, -0.1) is 11.6 Å². The number of benzene rings is 1. The summed E-state index contributed by atoms with van der Waals surface area (Å²) in [6.07, 6.45) is 0. The van der Waals surface area contributed by atoms with Crippen LogP contribution in [0.1, 0.15) is 5.56 Å². The van der Waals surface area contributed by atoms with Crippen LogP contribution in [0.5, 0.6) is 5.75 Å². The molecule has 0 saturated carbocycles. The monoisotopic (exact) mass is 248 g/mol. The van der Waals surface area contributed by atoms with Gasteiger partial charge in [-0.1, -0.05) is 0 Å². The van der Waals surface area contributed by atoms with Crippen molar-refractivity contribution in [2.75, 3.05) is 13.0 Å². The van der Waals surface area contributed by atoms with E-state index < -0.39 is 11.6 Å². The lowest BCUT2D eigenvalue weighted by atomic mass is 10.2. The van der Waals surface area contributed by atoms with Crippen molar-refractivity contribution in [1.29, 1.82) is 0 Å². The first-order valence-corrected chi connectivity index (χ1v) is 4.96. The Morgan fingerprint density at radius 2 is 2.12 bits per heavy atom. The lowest BCUT2D eigenvalue weighted by Gasteiger charge is -2.08. The zero-order chi connectivity index (χ0) is 12.3. The first-order valence-electron chi connectivity index (χ1n) is 4.42. The van der Waals surface area contributed by atoms with Gasteiger partial charge in [-0.2, -0.15) is 0 Å². The van der Waals surface area contributed by atoms with E-state index in [1.165, 1.54) is 20.1 Å². The number of methoxy groups -OCH3 is 1. The average Bonchev–Trinajstić information content (AvgIpc) is 2.29. The fourth-order valence-electron chi connectivity index (χ4n) is 1.16. The highest BCUT2D eigenvalue weighted by Gasteiger charge is 2.15. The number of hydrogen-bond acceptors (Lipinski definition) is 2. The van der Waals surface area contributed by atoms with Gasteiger partial charge >= 0.3 is 0 Å². The zero-order valence-electron chi connectivity index (χ0n) is 8.85. The number of hydrogen-bond donors (Lipinski definition) is 1. The van der Waals surface area contributed by atoms with Crippen molar-refractivity contribution >= 4 is 23.1 Å². The van der Waals surface area contributed by atoms with Gasteiger partial charge in [0, 0.05) is 11.6 Å². The molecule has 16 heavy (non-hydrogen) atoms. The minimum absolute atomic E-state index is 0.00544. The van der Waals surface area contributed by atoms with Gasteiger partial charge in [0.1, 0.15) is 17.3 Å². The Labute approximate surface area is 96.9 Å². The maximum atomic E-state index is 13.4. The summed E-state index contributed by atoms with van der Waals surface area (Å²) in [4.78, 5) is 3.66. The van der Waals surface area contributed by atoms with Crippen LogP contribution in [0, 0.1) is 18.6 Å². The lowest BCUT2D eigenvalue weighted by molar-refractivity contribution is 0.402. The number of ether oxygens (including phenoxy) is 1. The van der Waals surface area contributed by atoms with E-state index in [4.69, 9.17) is 22.1 Å². The van der Waals surface area contributed by atoms with Crippen LogP contribution in [0.15, 0.2) is 11.1 Å². The Morgan fingerprint density at radius 1 is 1.50 bits per heavy atom. The van der Waals surface area contributed by atoms with Crippen LogP contribution in [0.2, 0.25) is 0 Å². The highest BCUT2D eigenvalue weighted by molar-refractivity contribution is 6.28. The van der Waals surface area contributed by atoms with E-state index in [2.05, 4.69) is 4.99 Å². The molecule has 0 aliphatic carbocycles. The standard InChI is InChI=1S/C10H11ClF2N2O/c1-5-7(16-2)3-6(10(13)9(5)12)15-8(14)4-11/h3H,4H2,1-2H3,(H2,14,15). The third kappa shape index (κ3) is 2.41. The Hall–Kier alpha value is -1.36. The van der Waals surface area contributed by atoms with Crippen molar-refractivity contribution in [3.05, 3.63) is 23.3 Å². The average molecular weight is 249 g/mol. The topological polar surface area (TPSA) is 47.6 Å². The van der Waals surface area contributed by atoms with Crippen LogP contribution >= 0.6 is 11.6 Å². The molecule has 3 nitrogen and oxygen atoms in total. The van der Waals surface area contributed by atoms with Crippen LogP contribution in [-0.2, 0) is 0 Å². The molecule has 0 aliphatic rings. The Kier molecular flexibility index (Phi) is 4.06. The van der Waals surface area contributed by atoms with Gasteiger partial charge in [-0.05, 0) is 6.92 Å². The highest BCUT2D eigenvalue weighted by atomic mass is 35.5. The Balaban J connectivity index is 3.36. The van der Waals surface area contributed by atoms with E-state index in [0.29, 0.717) is 0 Å². The maximum absolute atomic E-state index is 13.4. The normalized spacial score (nSPS) is 11.7. The van der Waals surface area contributed by atoms with Crippen molar-refractivity contribution in [1.82, 2.24) is 0 Å². The van der Waals surface area contributed by atoms with Crippen molar-refractivity contribution in [2.24, 2.45) is 10.7 Å². The number of nitrogens with zero attached hydrogens (tertiary/aromatic N) is 1. The molecular weight excluding hydrogens is 238 g/mol. The van der Waals surface area contributed by atoms with Gasteiger partial charge in [-0.25, -0.2) is 13.8 Å². The van der Waals surface area contributed by atoms with E-state index in [1.54, 1.807) is 0 Å². The number of rotatable bonds is 3. The van der Waals surface area contributed by atoms with E-state index in [-0.39, 0.29) is 28.7 Å². The minimum Gasteiger partial charge on any atom is -0.496 e. The quantitative estimate of drug-likeness (QED) is 0.508. The lowest BCUT2D eigenvalue weighted by Crippen LogP contribution is -2.12. The number of alkyl halides is 1. The first-order chi connectivity index (χ1) is 7.51. The molecule has 0 spiro atoms. The van der Waals surface area contributed by atoms with Gasteiger partial charge in [0.2, 0.25) is 0 Å². The van der Waals surface area contributed by atoms with Crippen molar-refractivity contribution in [2.45, 2.75) is 6.92 Å². The number of amidine groups is 1. The van der Waals surface area contributed by atoms with Gasteiger partial charge in [0.15, 0.2) is 11.6 Å². The first kappa shape index (κ1) is 12.7. The summed E-state index contributed by atoms with van der Waals surface area (Å²) >= 11 is 5.40. The van der Waals surface area contributed by atoms with E-state index in [0.717, 1.165) is 0 Å². The number of nitrogens with two attached hydrogens (primary N) is 1. The molecule has 0 heterocycles. The molecule has 0 atom stereocenters. The molecule has 1 rings (SSSR count). The largest absolute Gasteiger partial charge is 0.496 e. The van der Waals surface area contributed by atoms with E-state index in [1.807, 2.05) is 0 Å². The van der Waals surface area contributed by atoms with Crippen LogP contribution in [-0.4, -0.2) is 18.8 Å². The Bertz CT molecular complexity index is 435. The number of aliphatic imine (C=N–C) groups is 1. The molecule has 1 aromatic rings. The second-order valence-electron chi connectivity index (χ2n) is 3.09. The predicted octanol–water partition coefficient (Wildman–Crippen LogP) is 2.51. The van der Waals surface area contributed by atoms with Gasteiger partial charge in [0.05, 0.1) is 13.0 Å². The van der Waals surface area contributed by atoms with Crippen LogP contribution in [0.3, 0.4) is 0 Å². The molecule has 1 aromatic carbocycles. The molecule has 2 N–H and O–H groups in total. The zero-order valence-corrected chi connectivity index (χ0v) is 9.61. The SMILES string of the molecule is COc1cc(N=C(N)CCl)c(F)c(F)c1C. The third-order valence-electron chi connectivity index (χ3n) is 2.01. The van der Waals surface area contributed by atoms with Crippen LogP contribution in [0.25, 0.3) is 0 Å². The molecule has 6 heteroatoms. The molecule has 88 valence electrons. The summed E-state index contributed by atoms with van der Waals surface area (Å²) < 4.78 is 31.7. The van der Waals surface area contributed by atoms with Gasteiger partial charge in [-0.3, -0.25) is 0 Å². The molecule has 0 bridgehead atoms. The van der Waals surface area contributed by atoms with Crippen molar-refractivity contribution < 1.29 is 13.5 Å². The summed E-state index contributed by atoms with van der Waals surface area (Å²) in [5.74, 6) is -1.91. The summed E-state index contributed by atoms with van der Waals surface area (Å²) in [7, 11) is 1.36. The number of halogens is 3. The molecule has 0 aromatic heterocycles. The van der Waals surface area contributed by atoms with Gasteiger partial charge < -0.3 is 10.5 Å². The third-order valence-corrected chi connectivity index (χ3v) is 2.28. The molecule has 0 fully saturated rings. The summed E-state index contributed by atoms with van der Waals surface area (Å²) in [6.45, 7) is 1.41. The van der Waals surface area contributed by atoms with E-state index >= 15 is 0 Å². The molecule has 0 saturated heterocycles. The Morgan fingerprint density at radius 3 is 2.62 bits per heavy atom. The minimum atomic E-state index is -1.06. The fraction of sp³-hybridized carbons (Fsp3) is 0.300. The highest BCUT2D eigenvalue weighted by Crippen LogP contribution is 2.30.